The van der Waals surface area contributed by atoms with E-state index in [2.05, 4.69) is 50.2 Å². The minimum atomic E-state index is 0.815. The second-order valence-corrected chi connectivity index (χ2v) is 8.34. The number of hydrogen-bond donors (Lipinski definition) is 0. The summed E-state index contributed by atoms with van der Waals surface area (Å²) in [7, 11) is 0. The van der Waals surface area contributed by atoms with E-state index < -0.39 is 0 Å². The number of benzene rings is 1. The van der Waals surface area contributed by atoms with Gasteiger partial charge in [0.05, 0.1) is 12.3 Å². The summed E-state index contributed by atoms with van der Waals surface area (Å²) in [5, 5.41) is 0. The molecule has 0 spiro atoms. The third-order valence-corrected chi connectivity index (χ3v) is 6.00. The minimum Gasteiger partial charge on any atom is -0.494 e. The van der Waals surface area contributed by atoms with Crippen molar-refractivity contribution in [2.45, 2.75) is 84.5 Å². The molecule has 0 N–H and O–H groups in total. The molecule has 1 aromatic carbocycles. The van der Waals surface area contributed by atoms with Gasteiger partial charge >= 0.3 is 0 Å². The van der Waals surface area contributed by atoms with Crippen LogP contribution in [0, 0.1) is 5.92 Å². The number of hydrogen-bond acceptors (Lipinski definition) is 2. The van der Waals surface area contributed by atoms with Crippen LogP contribution in [0.2, 0.25) is 0 Å². The first kappa shape index (κ1) is 20.9. The van der Waals surface area contributed by atoms with Gasteiger partial charge in [-0.3, -0.25) is 4.98 Å². The summed E-state index contributed by atoms with van der Waals surface area (Å²) in [6, 6.07) is 13.0. The summed E-state index contributed by atoms with van der Waals surface area (Å²) in [5.41, 5.74) is 5.08. The fraction of sp³-hybridized carbons (Fsp3) is 0.577. The number of aryl methyl sites for hydroxylation is 1. The maximum atomic E-state index is 5.87. The van der Waals surface area contributed by atoms with Gasteiger partial charge in [-0.25, -0.2) is 0 Å². The SMILES string of the molecule is CCCCCCOc1ccc(-c2ccc3c(n2)CC[C@H](CCCCC)C3)cc1. The zero-order valence-corrected chi connectivity index (χ0v) is 17.9. The zero-order chi connectivity index (χ0) is 19.6. The first-order chi connectivity index (χ1) is 13.8. The number of unbranched alkanes of at least 4 members (excludes halogenated alkanes) is 5. The lowest BCUT2D eigenvalue weighted by molar-refractivity contribution is 0.305. The topological polar surface area (TPSA) is 22.1 Å². The summed E-state index contributed by atoms with van der Waals surface area (Å²) in [4.78, 5) is 5.00. The van der Waals surface area contributed by atoms with Crippen LogP contribution in [0.4, 0.5) is 0 Å². The molecule has 0 bridgehead atoms. The van der Waals surface area contributed by atoms with E-state index in [0.717, 1.165) is 36.8 Å². The van der Waals surface area contributed by atoms with Crippen LogP contribution >= 0.6 is 0 Å². The van der Waals surface area contributed by atoms with Crippen molar-refractivity contribution < 1.29 is 4.74 Å². The molecule has 2 nitrogen and oxygen atoms in total. The normalized spacial score (nSPS) is 16.0. The molecular formula is C26H37NO. The minimum absolute atomic E-state index is 0.815. The largest absolute Gasteiger partial charge is 0.494 e. The Bertz CT molecular complexity index is 707. The lowest BCUT2D eigenvalue weighted by atomic mass is 9.83. The lowest BCUT2D eigenvalue weighted by Crippen LogP contribution is -2.15. The number of aromatic nitrogens is 1. The van der Waals surface area contributed by atoms with Crippen LogP contribution in [-0.2, 0) is 12.8 Å². The van der Waals surface area contributed by atoms with E-state index in [0.29, 0.717) is 0 Å². The first-order valence-corrected chi connectivity index (χ1v) is 11.5. The van der Waals surface area contributed by atoms with Crippen LogP contribution in [-0.4, -0.2) is 11.6 Å². The Morgan fingerprint density at radius 2 is 1.68 bits per heavy atom. The van der Waals surface area contributed by atoms with Gasteiger partial charge in [-0.15, -0.1) is 0 Å². The molecule has 2 heteroatoms. The van der Waals surface area contributed by atoms with Crippen molar-refractivity contribution in [1.29, 1.82) is 0 Å². The molecule has 0 saturated carbocycles. The third kappa shape index (κ3) is 6.09. The molecule has 1 aromatic heterocycles. The molecule has 152 valence electrons. The lowest BCUT2D eigenvalue weighted by Gasteiger charge is -2.24. The maximum absolute atomic E-state index is 5.87. The van der Waals surface area contributed by atoms with Gasteiger partial charge in [0.2, 0.25) is 0 Å². The van der Waals surface area contributed by atoms with E-state index >= 15 is 0 Å². The molecule has 0 saturated heterocycles. The van der Waals surface area contributed by atoms with Gasteiger partial charge in [-0.2, -0.15) is 0 Å². The highest BCUT2D eigenvalue weighted by molar-refractivity contribution is 5.60. The van der Waals surface area contributed by atoms with Gasteiger partial charge in [0.15, 0.2) is 0 Å². The molecule has 1 aliphatic carbocycles. The third-order valence-electron chi connectivity index (χ3n) is 6.00. The van der Waals surface area contributed by atoms with Crippen molar-refractivity contribution in [2.75, 3.05) is 6.61 Å². The van der Waals surface area contributed by atoms with Crippen molar-refractivity contribution in [2.24, 2.45) is 5.92 Å². The predicted molar refractivity (Wildman–Crippen MR) is 119 cm³/mol. The quantitative estimate of drug-likeness (QED) is 0.380. The van der Waals surface area contributed by atoms with E-state index in [1.807, 2.05) is 0 Å². The number of rotatable bonds is 11. The number of nitrogens with zero attached hydrogens (tertiary/aromatic N) is 1. The molecule has 0 fully saturated rings. The van der Waals surface area contributed by atoms with E-state index in [-0.39, 0.29) is 0 Å². The Labute approximate surface area is 171 Å². The molecule has 3 rings (SSSR count). The van der Waals surface area contributed by atoms with E-state index in [1.54, 1.807) is 0 Å². The van der Waals surface area contributed by atoms with Crippen molar-refractivity contribution >= 4 is 0 Å². The van der Waals surface area contributed by atoms with Crippen LogP contribution in [0.3, 0.4) is 0 Å². The summed E-state index contributed by atoms with van der Waals surface area (Å²) >= 11 is 0. The van der Waals surface area contributed by atoms with Crippen molar-refractivity contribution in [1.82, 2.24) is 4.98 Å². The predicted octanol–water partition coefficient (Wildman–Crippen LogP) is 7.39. The van der Waals surface area contributed by atoms with Crippen LogP contribution < -0.4 is 4.74 Å². The van der Waals surface area contributed by atoms with Gasteiger partial charge in [0, 0.05) is 11.3 Å². The summed E-state index contributed by atoms with van der Waals surface area (Å²) < 4.78 is 5.87. The van der Waals surface area contributed by atoms with Gasteiger partial charge in [-0.1, -0.05) is 64.9 Å². The van der Waals surface area contributed by atoms with E-state index in [1.165, 1.54) is 74.6 Å². The van der Waals surface area contributed by atoms with Crippen LogP contribution in [0.5, 0.6) is 5.75 Å². The Morgan fingerprint density at radius 3 is 2.46 bits per heavy atom. The molecular weight excluding hydrogens is 342 g/mol. The number of pyridine rings is 1. The van der Waals surface area contributed by atoms with E-state index in [9.17, 15) is 0 Å². The zero-order valence-electron chi connectivity index (χ0n) is 17.9. The summed E-state index contributed by atoms with van der Waals surface area (Å²) in [6.45, 7) is 5.34. The number of fused-ring (bicyclic) bond motifs is 1. The Balaban J connectivity index is 1.55. The van der Waals surface area contributed by atoms with Gasteiger partial charge in [0.25, 0.3) is 0 Å². The maximum Gasteiger partial charge on any atom is 0.119 e. The van der Waals surface area contributed by atoms with Gasteiger partial charge in [-0.05, 0) is 67.5 Å². The Hall–Kier alpha value is -1.83. The van der Waals surface area contributed by atoms with Crippen molar-refractivity contribution in [3.8, 4) is 17.0 Å². The number of ether oxygens (including phenoxy) is 1. The van der Waals surface area contributed by atoms with E-state index in [4.69, 9.17) is 9.72 Å². The van der Waals surface area contributed by atoms with Gasteiger partial charge in [0.1, 0.15) is 5.75 Å². The van der Waals surface area contributed by atoms with Crippen molar-refractivity contribution in [3.05, 3.63) is 47.7 Å². The summed E-state index contributed by atoms with van der Waals surface area (Å²) in [6.07, 6.45) is 14.1. The average molecular weight is 380 g/mol. The Morgan fingerprint density at radius 1 is 0.893 bits per heavy atom. The molecule has 0 unspecified atom stereocenters. The molecule has 1 atom stereocenters. The average Bonchev–Trinajstić information content (AvgIpc) is 2.74. The first-order valence-electron chi connectivity index (χ1n) is 11.5. The molecule has 0 aliphatic heterocycles. The molecule has 0 amide bonds. The molecule has 1 heterocycles. The smallest absolute Gasteiger partial charge is 0.119 e. The molecule has 2 aromatic rings. The monoisotopic (exact) mass is 379 g/mol. The standard InChI is InChI=1S/C26H37NO/c1-3-5-7-9-19-28-24-15-12-22(13-16-24)25-18-14-23-20-21(10-8-6-4-2)11-17-26(23)27-25/h12-16,18,21H,3-11,17,19-20H2,1-2H3/t21-/m0/s1. The fourth-order valence-corrected chi connectivity index (χ4v) is 4.22. The second-order valence-electron chi connectivity index (χ2n) is 8.34. The van der Waals surface area contributed by atoms with Gasteiger partial charge < -0.3 is 4.74 Å². The second kappa shape index (κ2) is 11.2. The van der Waals surface area contributed by atoms with Crippen LogP contribution in [0.1, 0.15) is 82.9 Å². The highest BCUT2D eigenvalue weighted by Gasteiger charge is 2.19. The molecule has 0 radical (unpaired) electrons. The highest BCUT2D eigenvalue weighted by atomic mass is 16.5. The molecule has 28 heavy (non-hydrogen) atoms. The van der Waals surface area contributed by atoms with Crippen LogP contribution in [0.15, 0.2) is 36.4 Å². The van der Waals surface area contributed by atoms with Crippen LogP contribution in [0.25, 0.3) is 11.3 Å². The molecule has 1 aliphatic rings. The highest BCUT2D eigenvalue weighted by Crippen LogP contribution is 2.30. The fourth-order valence-electron chi connectivity index (χ4n) is 4.22. The van der Waals surface area contributed by atoms with Crippen molar-refractivity contribution in [3.63, 3.8) is 0 Å². The Kier molecular flexibility index (Phi) is 8.39. The summed E-state index contributed by atoms with van der Waals surface area (Å²) in [5.74, 6) is 1.83.